The first kappa shape index (κ1) is 20.0. The number of nitrogens with one attached hydrogen (secondary N) is 1. The number of anilines is 1. The maximum Gasteiger partial charge on any atom is 0.418 e. The third-order valence-electron chi connectivity index (χ3n) is 4.07. The predicted octanol–water partition coefficient (Wildman–Crippen LogP) is 3.35. The number of amidine groups is 1. The van der Waals surface area contributed by atoms with Crippen molar-refractivity contribution in [1.29, 1.82) is 0 Å². The van der Waals surface area contributed by atoms with E-state index in [-0.39, 0.29) is 36.2 Å². The third-order valence-corrected chi connectivity index (χ3v) is 4.28. The summed E-state index contributed by atoms with van der Waals surface area (Å²) >= 11 is 5.81. The van der Waals surface area contributed by atoms with Gasteiger partial charge in [0.05, 0.1) is 11.6 Å². The van der Waals surface area contributed by atoms with Gasteiger partial charge in [0.1, 0.15) is 30.5 Å². The summed E-state index contributed by atoms with van der Waals surface area (Å²) in [6.45, 7) is 0.518. The first-order valence-electron chi connectivity index (χ1n) is 8.22. The highest BCUT2D eigenvalue weighted by Crippen LogP contribution is 2.33. The fourth-order valence-corrected chi connectivity index (χ4v) is 2.98. The summed E-state index contributed by atoms with van der Waals surface area (Å²) < 4.78 is 38.5. The van der Waals surface area contributed by atoms with Gasteiger partial charge in [-0.25, -0.2) is 18.6 Å². The van der Waals surface area contributed by atoms with Gasteiger partial charge in [0.15, 0.2) is 0 Å². The Kier molecular flexibility index (Phi) is 5.76. The molecule has 2 aromatic rings. The highest BCUT2D eigenvalue weighted by Gasteiger charge is 2.38. The molecule has 2 heterocycles. The Balaban J connectivity index is 1.83. The smallest absolute Gasteiger partial charge is 0.391 e. The lowest BCUT2D eigenvalue weighted by Crippen LogP contribution is -2.42. The van der Waals surface area contributed by atoms with Crippen LogP contribution < -0.4 is 15.8 Å². The van der Waals surface area contributed by atoms with E-state index in [1.807, 2.05) is 0 Å². The molecule has 1 amide bonds. The van der Waals surface area contributed by atoms with Crippen molar-refractivity contribution in [3.05, 3.63) is 52.4 Å². The van der Waals surface area contributed by atoms with E-state index in [4.69, 9.17) is 26.8 Å². The van der Waals surface area contributed by atoms with Gasteiger partial charge >= 0.3 is 6.09 Å². The van der Waals surface area contributed by atoms with Crippen molar-refractivity contribution in [2.45, 2.75) is 12.5 Å². The summed E-state index contributed by atoms with van der Waals surface area (Å²) in [6.07, 6.45) is 0.483. The minimum Gasteiger partial charge on any atom is -0.391 e. The molecule has 0 fully saturated rings. The van der Waals surface area contributed by atoms with E-state index < -0.39 is 24.1 Å². The zero-order valence-electron chi connectivity index (χ0n) is 14.8. The maximum absolute atomic E-state index is 14.4. The molecule has 1 aliphatic heterocycles. The van der Waals surface area contributed by atoms with Crippen LogP contribution >= 0.6 is 11.6 Å². The molecule has 28 heavy (non-hydrogen) atoms. The summed E-state index contributed by atoms with van der Waals surface area (Å²) in [5, 5.41) is 2.85. The fourth-order valence-electron chi connectivity index (χ4n) is 2.77. The van der Waals surface area contributed by atoms with E-state index in [0.29, 0.717) is 10.6 Å². The van der Waals surface area contributed by atoms with Gasteiger partial charge in [-0.3, -0.25) is 10.3 Å². The molecule has 0 bridgehead atoms. The Morgan fingerprint density at radius 1 is 1.46 bits per heavy atom. The van der Waals surface area contributed by atoms with Crippen LogP contribution in [-0.2, 0) is 10.3 Å². The van der Waals surface area contributed by atoms with Gasteiger partial charge in [-0.2, -0.15) is 0 Å². The van der Waals surface area contributed by atoms with Crippen LogP contribution in [-0.4, -0.2) is 36.8 Å². The van der Waals surface area contributed by atoms with Gasteiger partial charge in [-0.1, -0.05) is 11.6 Å². The number of aromatic nitrogens is 1. The molecule has 3 N–H and O–H groups in total. The van der Waals surface area contributed by atoms with Crippen LogP contribution in [0.3, 0.4) is 0 Å². The van der Waals surface area contributed by atoms with Crippen LogP contribution in [0.2, 0.25) is 5.02 Å². The minimum absolute atomic E-state index is 0.0427. The van der Waals surface area contributed by atoms with Crippen LogP contribution in [0, 0.1) is 12.7 Å². The number of benzene rings is 1. The average Bonchev–Trinajstić information content (AvgIpc) is 2.65. The summed E-state index contributed by atoms with van der Waals surface area (Å²) in [4.78, 5) is 20.1. The number of hydrogen-bond acceptors (Lipinski definition) is 6. The second-order valence-electron chi connectivity index (χ2n) is 6.25. The maximum atomic E-state index is 14.4. The predicted molar refractivity (Wildman–Crippen MR) is 100 cm³/mol. The van der Waals surface area contributed by atoms with Crippen molar-refractivity contribution in [3.63, 3.8) is 0 Å². The van der Waals surface area contributed by atoms with Crippen molar-refractivity contribution in [3.8, 4) is 5.88 Å². The van der Waals surface area contributed by atoms with Crippen molar-refractivity contribution in [2.24, 2.45) is 10.7 Å². The lowest BCUT2D eigenvalue weighted by molar-refractivity contribution is 0.0809. The number of carbonyl (C=O) groups excluding carboxylic acids is 1. The van der Waals surface area contributed by atoms with Gasteiger partial charge in [0.25, 0.3) is 0 Å². The molecule has 0 aliphatic carbocycles. The largest absolute Gasteiger partial charge is 0.418 e. The molecule has 0 saturated carbocycles. The number of rotatable bonds is 4. The second kappa shape index (κ2) is 8.07. The summed E-state index contributed by atoms with van der Waals surface area (Å²) in [5.41, 5.74) is 4.68. The first-order valence-corrected chi connectivity index (χ1v) is 8.60. The molecule has 0 spiro atoms. The van der Waals surface area contributed by atoms with E-state index in [1.165, 1.54) is 18.3 Å². The number of amides is 1. The number of hydrogen-bond donors (Lipinski definition) is 2. The van der Waals surface area contributed by atoms with Crippen molar-refractivity contribution < 1.29 is 23.0 Å². The molecule has 10 heteroatoms. The van der Waals surface area contributed by atoms with Gasteiger partial charge < -0.3 is 15.2 Å². The number of pyridine rings is 1. The van der Waals surface area contributed by atoms with Crippen LogP contribution in [0.25, 0.3) is 0 Å². The number of nitrogens with zero attached hydrogens (tertiary/aromatic N) is 2. The normalized spacial score (nSPS) is 19.1. The van der Waals surface area contributed by atoms with E-state index in [0.717, 1.165) is 6.07 Å². The van der Waals surface area contributed by atoms with Gasteiger partial charge in [0.2, 0.25) is 5.88 Å². The Hall–Kier alpha value is -2.78. The van der Waals surface area contributed by atoms with Crippen molar-refractivity contribution in [2.75, 3.05) is 25.2 Å². The van der Waals surface area contributed by atoms with E-state index in [9.17, 15) is 13.6 Å². The van der Waals surface area contributed by atoms with Gasteiger partial charge in [0, 0.05) is 23.0 Å². The summed E-state index contributed by atoms with van der Waals surface area (Å²) in [6, 6.07) is 5.26. The fraction of sp³-hybridized carbons (Fsp3) is 0.278. The average molecular weight is 411 g/mol. The third kappa shape index (κ3) is 4.20. The first-order chi connectivity index (χ1) is 13.3. The lowest BCUT2D eigenvalue weighted by Gasteiger charge is -2.31. The standard InChI is InChI=1S/C18H17ClF2N4O3/c1-10-4-11(19)6-23-16(10)28-17(26)24-12-2-3-14(21)13(5-12)18(8-20)9-27-7-15(22)25-18/h2-6H,7-9H2,1H3,(H2,22,25)(H,24,26)/t18-/m0/s1. The van der Waals surface area contributed by atoms with E-state index in [2.05, 4.69) is 15.3 Å². The molecule has 148 valence electrons. The van der Waals surface area contributed by atoms with Gasteiger partial charge in [-0.15, -0.1) is 0 Å². The molecule has 3 rings (SSSR count). The Bertz CT molecular complexity index is 941. The number of aliphatic imine (C=N–C) groups is 1. The molecular weight excluding hydrogens is 394 g/mol. The lowest BCUT2D eigenvalue weighted by atomic mass is 9.91. The molecule has 1 atom stereocenters. The number of alkyl halides is 1. The molecule has 0 saturated heterocycles. The molecular formula is C18H17ClF2N4O3. The van der Waals surface area contributed by atoms with E-state index >= 15 is 0 Å². The second-order valence-corrected chi connectivity index (χ2v) is 6.68. The topological polar surface area (TPSA) is 98.8 Å². The van der Waals surface area contributed by atoms with Gasteiger partial charge in [-0.05, 0) is 31.2 Å². The zero-order valence-corrected chi connectivity index (χ0v) is 15.6. The monoisotopic (exact) mass is 410 g/mol. The van der Waals surface area contributed by atoms with Crippen LogP contribution in [0.4, 0.5) is 19.3 Å². The van der Waals surface area contributed by atoms with Crippen molar-refractivity contribution in [1.82, 2.24) is 4.98 Å². The summed E-state index contributed by atoms with van der Waals surface area (Å²) in [7, 11) is 0. The SMILES string of the molecule is Cc1cc(Cl)cnc1OC(=O)Nc1ccc(F)c([C@]2(CF)COCC(N)=N2)c1. The Morgan fingerprint density at radius 3 is 2.93 bits per heavy atom. The zero-order chi connectivity index (χ0) is 20.3. The Labute approximate surface area is 164 Å². The van der Waals surface area contributed by atoms with Crippen LogP contribution in [0.5, 0.6) is 5.88 Å². The van der Waals surface area contributed by atoms with Crippen LogP contribution in [0.1, 0.15) is 11.1 Å². The molecule has 0 unspecified atom stereocenters. The highest BCUT2D eigenvalue weighted by molar-refractivity contribution is 6.30. The number of ether oxygens (including phenoxy) is 2. The molecule has 1 aromatic carbocycles. The molecule has 7 nitrogen and oxygen atoms in total. The number of halogens is 3. The van der Waals surface area contributed by atoms with Crippen LogP contribution in [0.15, 0.2) is 35.5 Å². The quantitative estimate of drug-likeness (QED) is 0.805. The highest BCUT2D eigenvalue weighted by atomic mass is 35.5. The number of carbonyl (C=O) groups is 1. The number of aryl methyl sites for hydroxylation is 1. The van der Waals surface area contributed by atoms with E-state index in [1.54, 1.807) is 13.0 Å². The summed E-state index contributed by atoms with van der Waals surface area (Å²) in [5.74, 6) is -0.568. The van der Waals surface area contributed by atoms with Crippen molar-refractivity contribution >= 4 is 29.2 Å². The Morgan fingerprint density at radius 2 is 2.25 bits per heavy atom. The molecule has 0 radical (unpaired) electrons. The molecule has 1 aromatic heterocycles. The molecule has 1 aliphatic rings. The minimum atomic E-state index is -1.61. The number of nitrogens with two attached hydrogens (primary N) is 1.